The maximum absolute atomic E-state index is 5.80. The standard InChI is InChI=1S/C14H17NS/c1-11-9-13(7-8-14(11)15)16-10-12-5-3-2-4-6-12/h3,5-9H,2,4,10,15H2,1H3. The Kier molecular flexibility index (Phi) is 3.73. The summed E-state index contributed by atoms with van der Waals surface area (Å²) in [5, 5.41) is 0. The Bertz CT molecular complexity index is 432. The van der Waals surface area contributed by atoms with Gasteiger partial charge in [0, 0.05) is 16.3 Å². The van der Waals surface area contributed by atoms with Crippen molar-refractivity contribution in [3.63, 3.8) is 0 Å². The van der Waals surface area contributed by atoms with Gasteiger partial charge in [0.2, 0.25) is 0 Å². The topological polar surface area (TPSA) is 26.0 Å². The molecule has 2 heteroatoms. The van der Waals surface area contributed by atoms with E-state index in [9.17, 15) is 0 Å². The highest BCUT2D eigenvalue weighted by Gasteiger charge is 2.01. The summed E-state index contributed by atoms with van der Waals surface area (Å²) in [6, 6.07) is 6.25. The second-order valence-corrected chi connectivity index (χ2v) is 5.11. The van der Waals surface area contributed by atoms with Gasteiger partial charge in [-0.15, -0.1) is 11.8 Å². The van der Waals surface area contributed by atoms with Crippen molar-refractivity contribution >= 4 is 17.4 Å². The molecule has 0 saturated heterocycles. The highest BCUT2D eigenvalue weighted by molar-refractivity contribution is 7.99. The molecule has 0 aromatic heterocycles. The van der Waals surface area contributed by atoms with Crippen LogP contribution in [0, 0.1) is 6.92 Å². The van der Waals surface area contributed by atoms with Crippen LogP contribution in [0.15, 0.2) is 46.9 Å². The lowest BCUT2D eigenvalue weighted by molar-refractivity contribution is 1.02. The van der Waals surface area contributed by atoms with E-state index >= 15 is 0 Å². The molecule has 2 rings (SSSR count). The first-order valence-electron chi connectivity index (χ1n) is 5.60. The van der Waals surface area contributed by atoms with Crippen molar-refractivity contribution in [2.24, 2.45) is 0 Å². The fraction of sp³-hybridized carbons (Fsp3) is 0.286. The largest absolute Gasteiger partial charge is 0.399 e. The Balaban J connectivity index is 1.96. The molecule has 0 fully saturated rings. The molecule has 0 unspecified atom stereocenters. The van der Waals surface area contributed by atoms with E-state index in [1.54, 1.807) is 0 Å². The first-order chi connectivity index (χ1) is 7.75. The van der Waals surface area contributed by atoms with Crippen LogP contribution >= 0.6 is 11.8 Å². The average molecular weight is 231 g/mol. The molecule has 0 radical (unpaired) electrons. The van der Waals surface area contributed by atoms with Crippen LogP contribution in [-0.2, 0) is 0 Å². The lowest BCUT2D eigenvalue weighted by Crippen LogP contribution is -1.91. The van der Waals surface area contributed by atoms with Crippen LogP contribution in [0.3, 0.4) is 0 Å². The number of rotatable bonds is 3. The van der Waals surface area contributed by atoms with Crippen LogP contribution in [0.1, 0.15) is 18.4 Å². The Morgan fingerprint density at radius 1 is 1.31 bits per heavy atom. The fourth-order valence-electron chi connectivity index (χ4n) is 1.68. The minimum atomic E-state index is 0.876. The van der Waals surface area contributed by atoms with Crippen molar-refractivity contribution in [1.82, 2.24) is 0 Å². The smallest absolute Gasteiger partial charge is 0.0344 e. The second kappa shape index (κ2) is 5.26. The number of allylic oxidation sites excluding steroid dienone is 3. The minimum absolute atomic E-state index is 0.876. The molecule has 2 N–H and O–H groups in total. The SMILES string of the molecule is Cc1cc(SCC2=CCCC=C2)ccc1N. The van der Waals surface area contributed by atoms with E-state index in [1.807, 2.05) is 17.8 Å². The summed E-state index contributed by atoms with van der Waals surface area (Å²) in [6.07, 6.45) is 9.20. The molecule has 1 aromatic carbocycles. The zero-order chi connectivity index (χ0) is 11.4. The van der Waals surface area contributed by atoms with Gasteiger partial charge < -0.3 is 5.73 Å². The van der Waals surface area contributed by atoms with Gasteiger partial charge >= 0.3 is 0 Å². The molecule has 16 heavy (non-hydrogen) atoms. The van der Waals surface area contributed by atoms with E-state index in [1.165, 1.54) is 23.3 Å². The van der Waals surface area contributed by atoms with E-state index < -0.39 is 0 Å². The first-order valence-corrected chi connectivity index (χ1v) is 6.59. The second-order valence-electron chi connectivity index (χ2n) is 4.07. The van der Waals surface area contributed by atoms with Gasteiger partial charge in [-0.05, 0) is 49.1 Å². The number of hydrogen-bond acceptors (Lipinski definition) is 2. The number of hydrogen-bond donors (Lipinski definition) is 1. The summed E-state index contributed by atoms with van der Waals surface area (Å²) < 4.78 is 0. The maximum atomic E-state index is 5.80. The van der Waals surface area contributed by atoms with Crippen molar-refractivity contribution in [2.45, 2.75) is 24.7 Å². The molecular weight excluding hydrogens is 214 g/mol. The molecule has 0 saturated carbocycles. The van der Waals surface area contributed by atoms with Crippen LogP contribution in [0.4, 0.5) is 5.69 Å². The van der Waals surface area contributed by atoms with Gasteiger partial charge in [-0.25, -0.2) is 0 Å². The minimum Gasteiger partial charge on any atom is -0.399 e. The third-order valence-corrected chi connectivity index (χ3v) is 3.78. The lowest BCUT2D eigenvalue weighted by Gasteiger charge is -2.08. The van der Waals surface area contributed by atoms with Gasteiger partial charge in [0.15, 0.2) is 0 Å². The summed E-state index contributed by atoms with van der Waals surface area (Å²) >= 11 is 1.87. The quantitative estimate of drug-likeness (QED) is 0.629. The zero-order valence-electron chi connectivity index (χ0n) is 9.57. The van der Waals surface area contributed by atoms with Crippen molar-refractivity contribution in [3.8, 4) is 0 Å². The number of nitrogens with two attached hydrogens (primary N) is 1. The highest BCUT2D eigenvalue weighted by Crippen LogP contribution is 2.25. The number of aryl methyl sites for hydroxylation is 1. The van der Waals surface area contributed by atoms with Gasteiger partial charge in [-0.2, -0.15) is 0 Å². The summed E-state index contributed by atoms with van der Waals surface area (Å²) in [7, 11) is 0. The van der Waals surface area contributed by atoms with E-state index in [0.717, 1.165) is 17.0 Å². The molecule has 1 nitrogen and oxygen atoms in total. The molecule has 1 aliphatic rings. The zero-order valence-corrected chi connectivity index (χ0v) is 10.4. The van der Waals surface area contributed by atoms with Crippen molar-refractivity contribution in [3.05, 3.63) is 47.6 Å². The molecule has 1 aliphatic carbocycles. The van der Waals surface area contributed by atoms with E-state index in [-0.39, 0.29) is 0 Å². The van der Waals surface area contributed by atoms with Gasteiger partial charge in [-0.3, -0.25) is 0 Å². The normalized spacial score (nSPS) is 14.9. The van der Waals surface area contributed by atoms with Crippen LogP contribution in [0.25, 0.3) is 0 Å². The highest BCUT2D eigenvalue weighted by atomic mass is 32.2. The monoisotopic (exact) mass is 231 g/mol. The number of nitrogen functional groups attached to an aromatic ring is 1. The summed E-state index contributed by atoms with van der Waals surface area (Å²) in [6.45, 7) is 2.05. The Hall–Kier alpha value is -1.15. The summed E-state index contributed by atoms with van der Waals surface area (Å²) in [5.74, 6) is 1.06. The Labute approximate surface area is 101 Å². The van der Waals surface area contributed by atoms with Gasteiger partial charge in [-0.1, -0.05) is 18.2 Å². The third-order valence-electron chi connectivity index (χ3n) is 2.72. The maximum Gasteiger partial charge on any atom is 0.0344 e. The average Bonchev–Trinajstić information content (AvgIpc) is 2.32. The molecule has 0 aliphatic heterocycles. The van der Waals surface area contributed by atoms with Crippen molar-refractivity contribution < 1.29 is 0 Å². The van der Waals surface area contributed by atoms with E-state index in [2.05, 4.69) is 37.3 Å². The van der Waals surface area contributed by atoms with Crippen molar-refractivity contribution in [1.29, 1.82) is 0 Å². The molecular formula is C14H17NS. The molecule has 0 amide bonds. The Morgan fingerprint density at radius 2 is 2.19 bits per heavy atom. The molecule has 0 heterocycles. The van der Waals surface area contributed by atoms with E-state index in [4.69, 9.17) is 5.73 Å². The number of anilines is 1. The lowest BCUT2D eigenvalue weighted by atomic mass is 10.1. The number of thioether (sulfide) groups is 1. The molecule has 0 spiro atoms. The van der Waals surface area contributed by atoms with Crippen LogP contribution < -0.4 is 5.73 Å². The van der Waals surface area contributed by atoms with Gasteiger partial charge in [0.1, 0.15) is 0 Å². The molecule has 1 aromatic rings. The summed E-state index contributed by atoms with van der Waals surface area (Å²) in [4.78, 5) is 1.30. The number of benzene rings is 1. The Morgan fingerprint density at radius 3 is 2.88 bits per heavy atom. The summed E-state index contributed by atoms with van der Waals surface area (Å²) in [5.41, 5.74) is 9.27. The van der Waals surface area contributed by atoms with Gasteiger partial charge in [0.05, 0.1) is 0 Å². The van der Waals surface area contributed by atoms with Crippen LogP contribution in [0.5, 0.6) is 0 Å². The molecule has 0 bridgehead atoms. The van der Waals surface area contributed by atoms with Crippen molar-refractivity contribution in [2.75, 3.05) is 11.5 Å². The van der Waals surface area contributed by atoms with E-state index in [0.29, 0.717) is 0 Å². The third kappa shape index (κ3) is 2.92. The molecule has 0 atom stereocenters. The predicted molar refractivity (Wildman–Crippen MR) is 72.8 cm³/mol. The van der Waals surface area contributed by atoms with Crippen LogP contribution in [0.2, 0.25) is 0 Å². The first kappa shape index (κ1) is 11.3. The van der Waals surface area contributed by atoms with Crippen LogP contribution in [-0.4, -0.2) is 5.75 Å². The molecule has 84 valence electrons. The fourth-order valence-corrected chi connectivity index (χ4v) is 2.65. The predicted octanol–water partition coefficient (Wildman–Crippen LogP) is 3.95. The van der Waals surface area contributed by atoms with Gasteiger partial charge in [0.25, 0.3) is 0 Å².